The van der Waals surface area contributed by atoms with E-state index in [1.807, 2.05) is 12.1 Å². The number of hydrogen-bond donors (Lipinski definition) is 0. The first-order valence-electron chi connectivity index (χ1n) is 9.32. The number of rotatable bonds is 4. The van der Waals surface area contributed by atoms with Crippen molar-refractivity contribution in [1.29, 1.82) is 0 Å². The molecular formula is C21H22N2O3S. The Morgan fingerprint density at radius 1 is 1.33 bits per heavy atom. The summed E-state index contributed by atoms with van der Waals surface area (Å²) >= 11 is 1.67. The topological polar surface area (TPSA) is 61.2 Å². The van der Waals surface area contributed by atoms with Crippen LogP contribution in [-0.4, -0.2) is 22.1 Å². The van der Waals surface area contributed by atoms with E-state index < -0.39 is 0 Å². The molecule has 1 atom stereocenters. The van der Waals surface area contributed by atoms with Crippen LogP contribution in [-0.2, 0) is 24.1 Å². The van der Waals surface area contributed by atoms with Crippen molar-refractivity contribution in [1.82, 2.24) is 9.55 Å². The van der Waals surface area contributed by atoms with Crippen molar-refractivity contribution in [3.63, 3.8) is 0 Å². The van der Waals surface area contributed by atoms with Crippen molar-refractivity contribution < 1.29 is 9.53 Å². The maximum atomic E-state index is 13.1. The first-order chi connectivity index (χ1) is 13.1. The molecule has 0 N–H and O–H groups in total. The van der Waals surface area contributed by atoms with Crippen molar-refractivity contribution in [2.75, 3.05) is 6.61 Å². The summed E-state index contributed by atoms with van der Waals surface area (Å²) in [6, 6.07) is 7.18. The maximum Gasteiger partial charge on any atom is 0.338 e. The van der Waals surface area contributed by atoms with E-state index in [4.69, 9.17) is 4.74 Å². The summed E-state index contributed by atoms with van der Waals surface area (Å²) in [4.78, 5) is 31.5. The third kappa shape index (κ3) is 3.41. The van der Waals surface area contributed by atoms with Gasteiger partial charge in [0.25, 0.3) is 5.56 Å². The first kappa shape index (κ1) is 17.9. The number of esters is 1. The second-order valence-corrected chi connectivity index (χ2v) is 8.21. The molecule has 27 heavy (non-hydrogen) atoms. The van der Waals surface area contributed by atoms with Gasteiger partial charge in [0.1, 0.15) is 4.83 Å². The van der Waals surface area contributed by atoms with E-state index in [2.05, 4.69) is 11.9 Å². The number of benzene rings is 1. The van der Waals surface area contributed by atoms with E-state index in [-0.39, 0.29) is 11.5 Å². The molecule has 1 aliphatic rings. The highest BCUT2D eigenvalue weighted by molar-refractivity contribution is 7.18. The Morgan fingerprint density at radius 2 is 2.11 bits per heavy atom. The molecule has 140 valence electrons. The fourth-order valence-corrected chi connectivity index (χ4v) is 4.98. The number of hydrogen-bond acceptors (Lipinski definition) is 5. The summed E-state index contributed by atoms with van der Waals surface area (Å²) in [6.07, 6.45) is 4.77. The Balaban J connectivity index is 1.64. The van der Waals surface area contributed by atoms with Crippen LogP contribution in [0.1, 0.15) is 46.6 Å². The van der Waals surface area contributed by atoms with Crippen molar-refractivity contribution in [3.8, 4) is 0 Å². The van der Waals surface area contributed by atoms with Crippen molar-refractivity contribution in [3.05, 3.63) is 62.5 Å². The average Bonchev–Trinajstić information content (AvgIpc) is 3.03. The van der Waals surface area contributed by atoms with Crippen LogP contribution in [0.2, 0.25) is 0 Å². The van der Waals surface area contributed by atoms with Crippen LogP contribution < -0.4 is 5.56 Å². The van der Waals surface area contributed by atoms with Gasteiger partial charge in [0.15, 0.2) is 0 Å². The molecule has 1 unspecified atom stereocenters. The molecule has 2 aromatic heterocycles. The van der Waals surface area contributed by atoms with Crippen molar-refractivity contribution in [2.45, 2.75) is 39.7 Å². The molecule has 0 radical (unpaired) electrons. The lowest BCUT2D eigenvalue weighted by atomic mass is 9.89. The SMILES string of the molecule is CCOC(=O)c1ccc(Cn2cnc3sc4c(c3c2=O)CCC(C)C4)cc1. The Labute approximate surface area is 161 Å². The maximum absolute atomic E-state index is 13.1. The van der Waals surface area contributed by atoms with Crippen LogP contribution in [0.5, 0.6) is 0 Å². The molecule has 6 heteroatoms. The van der Waals surface area contributed by atoms with Gasteiger partial charge in [0.2, 0.25) is 0 Å². The monoisotopic (exact) mass is 382 g/mol. The standard InChI is InChI=1S/C21H22N2O3S/c1-3-26-21(25)15-7-5-14(6-8-15)11-23-12-22-19-18(20(23)24)16-9-4-13(2)10-17(16)27-19/h5-8,12-13H,3-4,9-11H2,1-2H3. The van der Waals surface area contributed by atoms with E-state index >= 15 is 0 Å². The zero-order valence-electron chi connectivity index (χ0n) is 15.5. The van der Waals surface area contributed by atoms with Crippen LogP contribution in [0.15, 0.2) is 35.4 Å². The summed E-state index contributed by atoms with van der Waals surface area (Å²) < 4.78 is 6.66. The minimum Gasteiger partial charge on any atom is -0.462 e. The van der Waals surface area contributed by atoms with Gasteiger partial charge in [-0.2, -0.15) is 0 Å². The number of aryl methyl sites for hydroxylation is 1. The molecule has 3 aromatic rings. The fourth-order valence-electron chi connectivity index (χ4n) is 3.64. The van der Waals surface area contributed by atoms with Gasteiger partial charge < -0.3 is 4.74 Å². The largest absolute Gasteiger partial charge is 0.462 e. The fraction of sp³-hybridized carbons (Fsp3) is 0.381. The molecule has 0 saturated heterocycles. The van der Waals surface area contributed by atoms with Gasteiger partial charge in [-0.15, -0.1) is 11.3 Å². The Morgan fingerprint density at radius 3 is 2.85 bits per heavy atom. The van der Waals surface area contributed by atoms with E-state index in [1.54, 1.807) is 41.3 Å². The molecule has 0 amide bonds. The van der Waals surface area contributed by atoms with Crippen molar-refractivity contribution >= 4 is 27.5 Å². The molecule has 0 bridgehead atoms. The third-order valence-corrected chi connectivity index (χ3v) is 6.26. The molecule has 2 heterocycles. The summed E-state index contributed by atoms with van der Waals surface area (Å²) in [5, 5.41) is 0.799. The first-order valence-corrected chi connectivity index (χ1v) is 10.1. The second-order valence-electron chi connectivity index (χ2n) is 7.13. The Bertz CT molecular complexity index is 1050. The predicted molar refractivity (Wildman–Crippen MR) is 107 cm³/mol. The molecule has 1 aliphatic carbocycles. The summed E-state index contributed by atoms with van der Waals surface area (Å²) in [7, 11) is 0. The number of nitrogens with zero attached hydrogens (tertiary/aromatic N) is 2. The lowest BCUT2D eigenvalue weighted by molar-refractivity contribution is 0.0526. The smallest absolute Gasteiger partial charge is 0.338 e. The van der Waals surface area contributed by atoms with Gasteiger partial charge in [-0.05, 0) is 55.4 Å². The molecule has 1 aromatic carbocycles. The minimum absolute atomic E-state index is 0.0292. The number of ether oxygens (including phenoxy) is 1. The summed E-state index contributed by atoms with van der Waals surface area (Å²) in [6.45, 7) is 4.84. The zero-order valence-corrected chi connectivity index (χ0v) is 16.3. The van der Waals surface area contributed by atoms with E-state index in [0.29, 0.717) is 24.6 Å². The molecule has 0 spiro atoms. The zero-order chi connectivity index (χ0) is 19.0. The summed E-state index contributed by atoms with van der Waals surface area (Å²) in [5.74, 6) is 0.342. The summed E-state index contributed by atoms with van der Waals surface area (Å²) in [5.41, 5.74) is 2.70. The molecule has 4 rings (SSSR count). The highest BCUT2D eigenvalue weighted by atomic mass is 32.1. The molecule has 0 fully saturated rings. The Kier molecular flexibility index (Phi) is 4.83. The molecule has 0 aliphatic heterocycles. The normalized spacial score (nSPS) is 16.3. The number of carbonyl (C=O) groups excluding carboxylic acids is 1. The van der Waals surface area contributed by atoms with Crippen LogP contribution in [0.3, 0.4) is 0 Å². The lowest BCUT2D eigenvalue weighted by Gasteiger charge is -2.17. The van der Waals surface area contributed by atoms with E-state index in [1.165, 1.54) is 10.4 Å². The quantitative estimate of drug-likeness (QED) is 0.644. The van der Waals surface area contributed by atoms with E-state index in [0.717, 1.165) is 35.0 Å². The third-order valence-electron chi connectivity index (χ3n) is 5.10. The number of thiophene rings is 1. The lowest BCUT2D eigenvalue weighted by Crippen LogP contribution is -2.22. The second kappa shape index (κ2) is 7.27. The van der Waals surface area contributed by atoms with Gasteiger partial charge in [-0.1, -0.05) is 19.1 Å². The van der Waals surface area contributed by atoms with E-state index in [9.17, 15) is 9.59 Å². The highest BCUT2D eigenvalue weighted by Crippen LogP contribution is 2.35. The van der Waals surface area contributed by atoms with Gasteiger partial charge >= 0.3 is 5.97 Å². The average molecular weight is 382 g/mol. The van der Waals surface area contributed by atoms with Crippen molar-refractivity contribution in [2.24, 2.45) is 5.92 Å². The Hall–Kier alpha value is -2.47. The molecular weight excluding hydrogens is 360 g/mol. The van der Waals surface area contributed by atoms with Crippen LogP contribution in [0, 0.1) is 5.92 Å². The van der Waals surface area contributed by atoms with Crippen LogP contribution in [0.25, 0.3) is 10.2 Å². The van der Waals surface area contributed by atoms with Gasteiger partial charge in [0, 0.05) is 4.88 Å². The molecule has 5 nitrogen and oxygen atoms in total. The van der Waals surface area contributed by atoms with Gasteiger partial charge in [0.05, 0.1) is 30.4 Å². The van der Waals surface area contributed by atoms with Crippen LogP contribution in [0.4, 0.5) is 0 Å². The number of carbonyl (C=O) groups is 1. The number of aromatic nitrogens is 2. The predicted octanol–water partition coefficient (Wildman–Crippen LogP) is 3.81. The van der Waals surface area contributed by atoms with Gasteiger partial charge in [-0.3, -0.25) is 9.36 Å². The minimum atomic E-state index is -0.330. The van der Waals surface area contributed by atoms with Crippen LogP contribution >= 0.6 is 11.3 Å². The highest BCUT2D eigenvalue weighted by Gasteiger charge is 2.23. The van der Waals surface area contributed by atoms with Gasteiger partial charge in [-0.25, -0.2) is 9.78 Å². The molecule has 0 saturated carbocycles. The number of fused-ring (bicyclic) bond motifs is 3.